The first-order valence-corrected chi connectivity index (χ1v) is 11.9. The molecular formula is C22H24ClF4N5O. The molecule has 0 N–H and O–H groups in total. The Kier molecular flexibility index (Phi) is 4.93. The molecule has 5 heterocycles. The summed E-state index contributed by atoms with van der Waals surface area (Å²) in [7, 11) is 0. The van der Waals surface area contributed by atoms with Crippen LogP contribution in [0.15, 0.2) is 6.20 Å². The molecule has 1 aliphatic carbocycles. The number of rotatable bonds is 4. The van der Waals surface area contributed by atoms with Gasteiger partial charge in [-0.1, -0.05) is 18.0 Å². The highest BCUT2D eigenvalue weighted by atomic mass is 35.5. The Morgan fingerprint density at radius 2 is 2.03 bits per heavy atom. The van der Waals surface area contributed by atoms with Crippen molar-refractivity contribution in [1.82, 2.24) is 19.9 Å². The van der Waals surface area contributed by atoms with E-state index in [0.29, 0.717) is 32.4 Å². The summed E-state index contributed by atoms with van der Waals surface area (Å²) in [5.74, 6) is -4.23. The Bertz CT molecular complexity index is 1110. The molecule has 4 aliphatic rings. The van der Waals surface area contributed by atoms with Gasteiger partial charge in [-0.05, 0) is 32.2 Å². The summed E-state index contributed by atoms with van der Waals surface area (Å²) in [6, 6.07) is -1.11. The molecule has 1 saturated carbocycles. The van der Waals surface area contributed by atoms with Crippen LogP contribution in [0.4, 0.5) is 23.4 Å². The number of aromatic nitrogens is 3. The molecule has 0 bridgehead atoms. The van der Waals surface area contributed by atoms with E-state index >= 15 is 0 Å². The smallest absolute Gasteiger partial charge is 0.319 e. The van der Waals surface area contributed by atoms with Gasteiger partial charge >= 0.3 is 6.01 Å². The molecule has 0 radical (unpaired) electrons. The van der Waals surface area contributed by atoms with Gasteiger partial charge in [0, 0.05) is 25.7 Å². The lowest BCUT2D eigenvalue weighted by molar-refractivity contribution is 0.0887. The first kappa shape index (κ1) is 21.6. The average Bonchev–Trinajstić information content (AvgIpc) is 3.03. The van der Waals surface area contributed by atoms with E-state index in [1.807, 2.05) is 0 Å². The second-order valence-corrected chi connectivity index (χ2v) is 10.1. The third-order valence-electron chi connectivity index (χ3n) is 7.76. The number of anilines is 1. The zero-order valence-electron chi connectivity index (χ0n) is 17.9. The van der Waals surface area contributed by atoms with Crippen LogP contribution < -0.4 is 9.64 Å². The normalized spacial score (nSPS) is 33.1. The van der Waals surface area contributed by atoms with E-state index in [4.69, 9.17) is 16.3 Å². The lowest BCUT2D eigenvalue weighted by atomic mass is 9.95. The highest BCUT2D eigenvalue weighted by Gasteiger charge is 2.71. The molecule has 6 nitrogen and oxygen atoms in total. The number of ether oxygens (including phenoxy) is 1. The molecule has 3 saturated heterocycles. The molecule has 0 amide bonds. The van der Waals surface area contributed by atoms with Crippen LogP contribution in [0.25, 0.3) is 10.9 Å². The van der Waals surface area contributed by atoms with E-state index in [-0.39, 0.29) is 34.5 Å². The Labute approximate surface area is 193 Å². The Morgan fingerprint density at radius 1 is 1.18 bits per heavy atom. The molecule has 0 spiro atoms. The quantitative estimate of drug-likeness (QED) is 0.473. The third-order valence-corrected chi connectivity index (χ3v) is 8.03. The minimum atomic E-state index is -2.82. The van der Waals surface area contributed by atoms with E-state index in [0.717, 1.165) is 25.8 Å². The predicted octanol–water partition coefficient (Wildman–Crippen LogP) is 4.40. The largest absolute Gasteiger partial charge is 0.461 e. The monoisotopic (exact) mass is 485 g/mol. The van der Waals surface area contributed by atoms with Crippen molar-refractivity contribution in [2.45, 2.75) is 62.2 Å². The van der Waals surface area contributed by atoms with E-state index in [2.05, 4.69) is 19.9 Å². The van der Waals surface area contributed by atoms with Gasteiger partial charge < -0.3 is 9.64 Å². The van der Waals surface area contributed by atoms with Crippen molar-refractivity contribution in [2.75, 3.05) is 31.1 Å². The maximum atomic E-state index is 14.9. The molecule has 11 heteroatoms. The van der Waals surface area contributed by atoms with Crippen LogP contribution in [0.1, 0.15) is 38.5 Å². The van der Waals surface area contributed by atoms with Gasteiger partial charge in [0.15, 0.2) is 11.0 Å². The van der Waals surface area contributed by atoms with Crippen molar-refractivity contribution in [3.63, 3.8) is 0 Å². The van der Waals surface area contributed by atoms with Crippen molar-refractivity contribution in [3.05, 3.63) is 17.2 Å². The van der Waals surface area contributed by atoms with Crippen LogP contribution >= 0.6 is 11.6 Å². The molecule has 2 unspecified atom stereocenters. The molecule has 33 heavy (non-hydrogen) atoms. The van der Waals surface area contributed by atoms with Crippen LogP contribution in [0.5, 0.6) is 6.01 Å². The molecule has 3 aliphatic heterocycles. The fraction of sp³-hybridized carbons (Fsp3) is 0.682. The van der Waals surface area contributed by atoms with E-state index in [1.165, 1.54) is 6.20 Å². The number of fused-ring (bicyclic) bond motifs is 3. The van der Waals surface area contributed by atoms with Crippen LogP contribution in [-0.2, 0) is 0 Å². The van der Waals surface area contributed by atoms with Crippen LogP contribution in [-0.4, -0.2) is 69.8 Å². The van der Waals surface area contributed by atoms with Crippen molar-refractivity contribution >= 4 is 28.3 Å². The van der Waals surface area contributed by atoms with Gasteiger partial charge in [-0.3, -0.25) is 4.90 Å². The van der Waals surface area contributed by atoms with Gasteiger partial charge in [0.2, 0.25) is 0 Å². The second kappa shape index (κ2) is 7.53. The lowest BCUT2D eigenvalue weighted by Crippen LogP contribution is -2.43. The maximum Gasteiger partial charge on any atom is 0.319 e. The maximum absolute atomic E-state index is 14.9. The number of nitrogens with zero attached hydrogens (tertiary/aromatic N) is 5. The highest BCUT2D eigenvalue weighted by molar-refractivity contribution is 6.30. The Hall–Kier alpha value is -1.94. The summed E-state index contributed by atoms with van der Waals surface area (Å²) in [5, 5.41) is -0.141. The molecule has 2 aromatic rings. The average molecular weight is 486 g/mol. The molecule has 2 aromatic heterocycles. The predicted molar refractivity (Wildman–Crippen MR) is 114 cm³/mol. The van der Waals surface area contributed by atoms with E-state index < -0.39 is 35.4 Å². The molecule has 4 fully saturated rings. The molecule has 0 aromatic carbocycles. The van der Waals surface area contributed by atoms with Gasteiger partial charge in [0.05, 0.1) is 16.8 Å². The minimum absolute atomic E-state index is 0.115. The zero-order chi connectivity index (χ0) is 23.0. The van der Waals surface area contributed by atoms with Crippen LogP contribution in [0, 0.1) is 11.7 Å². The third kappa shape index (κ3) is 3.35. The number of alkyl halides is 3. The minimum Gasteiger partial charge on any atom is -0.461 e. The summed E-state index contributed by atoms with van der Waals surface area (Å²) < 4.78 is 64.0. The zero-order valence-corrected chi connectivity index (χ0v) is 18.7. The summed E-state index contributed by atoms with van der Waals surface area (Å²) in [5.41, 5.74) is -0.556. The van der Waals surface area contributed by atoms with E-state index in [1.54, 1.807) is 4.90 Å². The van der Waals surface area contributed by atoms with Crippen molar-refractivity contribution < 1.29 is 22.3 Å². The summed E-state index contributed by atoms with van der Waals surface area (Å²) in [6.07, 6.45) is 4.37. The first-order valence-electron chi connectivity index (χ1n) is 11.5. The van der Waals surface area contributed by atoms with Gasteiger partial charge in [-0.2, -0.15) is 9.97 Å². The number of hydrogen-bond donors (Lipinski definition) is 0. The molecule has 6 rings (SSSR count). The van der Waals surface area contributed by atoms with Gasteiger partial charge in [0.1, 0.15) is 30.2 Å². The fourth-order valence-corrected chi connectivity index (χ4v) is 6.24. The number of hydrogen-bond acceptors (Lipinski definition) is 6. The second-order valence-electron chi connectivity index (χ2n) is 9.73. The lowest BCUT2D eigenvalue weighted by Gasteiger charge is -2.31. The van der Waals surface area contributed by atoms with Gasteiger partial charge in [-0.15, -0.1) is 0 Å². The van der Waals surface area contributed by atoms with Crippen molar-refractivity contribution in [2.24, 2.45) is 5.92 Å². The number of pyridine rings is 1. The van der Waals surface area contributed by atoms with Gasteiger partial charge in [-0.25, -0.2) is 22.5 Å². The van der Waals surface area contributed by atoms with Gasteiger partial charge in [0.25, 0.3) is 5.92 Å². The van der Waals surface area contributed by atoms with Crippen molar-refractivity contribution in [1.29, 1.82) is 0 Å². The van der Waals surface area contributed by atoms with E-state index in [9.17, 15) is 17.6 Å². The molecule has 4 atom stereocenters. The Balaban J connectivity index is 1.39. The van der Waals surface area contributed by atoms with Crippen LogP contribution in [0.3, 0.4) is 0 Å². The highest BCUT2D eigenvalue weighted by Crippen LogP contribution is 2.57. The summed E-state index contributed by atoms with van der Waals surface area (Å²) in [4.78, 5) is 16.2. The standard InChI is InChI=1S/C22H24ClF4N5O/c23-18-15(25)16-13(9-28-18)19(32-7-2-1-4-14-17(32)22(14,26)27)30-20(29-16)33-11-21-5-3-6-31(21)10-12(24)8-21/h9,12,14,17H,1-8,10-11H2/t12-,14?,17?,21+/m1/s1. The topological polar surface area (TPSA) is 54.4 Å². The SMILES string of the molecule is Fc1c(Cl)ncc2c(N3CCCCC4C3C4(F)F)nc(OC[C@@]34CCCN3C[C@H](F)C4)nc12. The van der Waals surface area contributed by atoms with Crippen LogP contribution in [0.2, 0.25) is 5.15 Å². The fourth-order valence-electron chi connectivity index (χ4n) is 6.10. The first-order chi connectivity index (χ1) is 15.8. The molecule has 178 valence electrons. The Morgan fingerprint density at radius 3 is 2.88 bits per heavy atom. The summed E-state index contributed by atoms with van der Waals surface area (Å²) >= 11 is 5.89. The van der Waals surface area contributed by atoms with Crippen molar-refractivity contribution in [3.8, 4) is 6.01 Å². The number of halogens is 5. The molecular weight excluding hydrogens is 462 g/mol. The summed E-state index contributed by atoms with van der Waals surface area (Å²) in [6.45, 7) is 1.69.